The lowest BCUT2D eigenvalue weighted by Crippen LogP contribution is -1.68. The van der Waals surface area contributed by atoms with Crippen molar-refractivity contribution >= 4 is 0 Å². The molecule has 0 amide bonds. The van der Waals surface area contributed by atoms with Gasteiger partial charge in [0.1, 0.15) is 0 Å². The lowest BCUT2D eigenvalue weighted by atomic mass is 10.2. The summed E-state index contributed by atoms with van der Waals surface area (Å²) in [5.74, 6) is 0. The molecule has 0 saturated carbocycles. The van der Waals surface area contributed by atoms with E-state index in [4.69, 9.17) is 0 Å². The van der Waals surface area contributed by atoms with Crippen LogP contribution in [-0.2, 0) is 0 Å². The monoisotopic (exact) mass is 190 g/mol. The molecule has 0 aliphatic rings. The van der Waals surface area contributed by atoms with Crippen LogP contribution in [0.3, 0.4) is 0 Å². The van der Waals surface area contributed by atoms with Gasteiger partial charge in [-0.25, -0.2) is 0 Å². The lowest BCUT2D eigenvalue weighted by Gasteiger charge is -1.89. The minimum absolute atomic E-state index is 1.01. The molecule has 0 heterocycles. The molecule has 78 valence electrons. The van der Waals surface area contributed by atoms with Gasteiger partial charge >= 0.3 is 0 Å². The molecule has 0 radical (unpaired) electrons. The molecule has 0 N–H and O–H groups in total. The Bertz CT molecular complexity index is 249. The highest BCUT2D eigenvalue weighted by atomic mass is 13.9. The Morgan fingerprint density at radius 1 is 1.14 bits per heavy atom. The highest BCUT2D eigenvalue weighted by Crippen LogP contribution is 1.99. The van der Waals surface area contributed by atoms with Gasteiger partial charge in [0, 0.05) is 0 Å². The van der Waals surface area contributed by atoms with E-state index >= 15 is 0 Å². The van der Waals surface area contributed by atoms with E-state index in [0.717, 1.165) is 12.8 Å². The Kier molecular flexibility index (Phi) is 7.92. The molecule has 0 saturated heterocycles. The highest BCUT2D eigenvalue weighted by molar-refractivity contribution is 5.16. The zero-order valence-corrected chi connectivity index (χ0v) is 9.88. The summed E-state index contributed by atoms with van der Waals surface area (Å²) >= 11 is 0. The first-order valence-electron chi connectivity index (χ1n) is 5.32. The van der Waals surface area contributed by atoms with Gasteiger partial charge in [-0.05, 0) is 33.6 Å². The first-order valence-corrected chi connectivity index (χ1v) is 5.32. The third-order valence-corrected chi connectivity index (χ3v) is 2.18. The molecule has 14 heavy (non-hydrogen) atoms. The summed E-state index contributed by atoms with van der Waals surface area (Å²) in [4.78, 5) is 0. The standard InChI is InChI=1S/C14H22/c1-5-13(3)11-9-7-8-10-12-14(4)6-2/h5,8-12H,6-7H2,1-4H3/b10-8-,11-9-,13-5+,14-12+. The van der Waals surface area contributed by atoms with Crippen LogP contribution in [0.2, 0.25) is 0 Å². The van der Waals surface area contributed by atoms with Crippen molar-refractivity contribution in [3.8, 4) is 0 Å². The van der Waals surface area contributed by atoms with Crippen LogP contribution in [-0.4, -0.2) is 0 Å². The molecular weight excluding hydrogens is 168 g/mol. The predicted molar refractivity (Wildman–Crippen MR) is 66.4 cm³/mol. The van der Waals surface area contributed by atoms with Crippen molar-refractivity contribution in [2.45, 2.75) is 40.5 Å². The van der Waals surface area contributed by atoms with Crippen molar-refractivity contribution in [3.63, 3.8) is 0 Å². The number of rotatable bonds is 5. The Morgan fingerprint density at radius 2 is 1.86 bits per heavy atom. The maximum atomic E-state index is 2.18. The fourth-order valence-electron chi connectivity index (χ4n) is 0.857. The van der Waals surface area contributed by atoms with E-state index in [9.17, 15) is 0 Å². The fraction of sp³-hybridized carbons (Fsp3) is 0.429. The van der Waals surface area contributed by atoms with Gasteiger partial charge < -0.3 is 0 Å². The molecule has 0 nitrogen and oxygen atoms in total. The average molecular weight is 190 g/mol. The Balaban J connectivity index is 3.80. The molecule has 0 unspecified atom stereocenters. The summed E-state index contributed by atoms with van der Waals surface area (Å²) in [6, 6.07) is 0. The SMILES string of the molecule is C/C=C(C)/C=C\C/C=C\C=C(/C)CC. The minimum atomic E-state index is 1.01. The minimum Gasteiger partial charge on any atom is -0.0847 e. The van der Waals surface area contributed by atoms with Crippen LogP contribution in [0.4, 0.5) is 0 Å². The predicted octanol–water partition coefficient (Wildman–Crippen LogP) is 4.81. The van der Waals surface area contributed by atoms with Gasteiger partial charge in [-0.15, -0.1) is 0 Å². The largest absolute Gasteiger partial charge is 0.0847 e. The summed E-state index contributed by atoms with van der Waals surface area (Å²) in [5, 5.41) is 0. The van der Waals surface area contributed by atoms with Gasteiger partial charge in [0.15, 0.2) is 0 Å². The van der Waals surface area contributed by atoms with Gasteiger partial charge in [0.25, 0.3) is 0 Å². The average Bonchev–Trinajstić information content (AvgIpc) is 2.22. The molecule has 0 aliphatic heterocycles. The van der Waals surface area contributed by atoms with Gasteiger partial charge in [-0.2, -0.15) is 0 Å². The van der Waals surface area contributed by atoms with E-state index in [0.29, 0.717) is 0 Å². The van der Waals surface area contributed by atoms with Gasteiger partial charge in [-0.3, -0.25) is 0 Å². The highest BCUT2D eigenvalue weighted by Gasteiger charge is 1.78. The van der Waals surface area contributed by atoms with Crippen molar-refractivity contribution in [2.24, 2.45) is 0 Å². The van der Waals surface area contributed by atoms with Crippen molar-refractivity contribution < 1.29 is 0 Å². The number of hydrogen-bond acceptors (Lipinski definition) is 0. The first kappa shape index (κ1) is 13.0. The maximum absolute atomic E-state index is 2.18. The summed E-state index contributed by atoms with van der Waals surface area (Å²) in [7, 11) is 0. The van der Waals surface area contributed by atoms with Crippen molar-refractivity contribution in [1.29, 1.82) is 0 Å². The second kappa shape index (κ2) is 8.55. The summed E-state index contributed by atoms with van der Waals surface area (Å²) < 4.78 is 0. The topological polar surface area (TPSA) is 0 Å². The lowest BCUT2D eigenvalue weighted by molar-refractivity contribution is 1.10. The molecule has 0 aromatic carbocycles. The Morgan fingerprint density at radius 3 is 2.43 bits per heavy atom. The van der Waals surface area contributed by atoms with Crippen molar-refractivity contribution in [1.82, 2.24) is 0 Å². The van der Waals surface area contributed by atoms with Crippen molar-refractivity contribution in [2.75, 3.05) is 0 Å². The van der Waals surface area contributed by atoms with E-state index in [-0.39, 0.29) is 0 Å². The normalized spacial score (nSPS) is 14.6. The second-order valence-corrected chi connectivity index (χ2v) is 3.47. The van der Waals surface area contributed by atoms with Crippen LogP contribution >= 0.6 is 0 Å². The van der Waals surface area contributed by atoms with Crippen LogP contribution in [0.25, 0.3) is 0 Å². The molecule has 0 atom stereocenters. The van der Waals surface area contributed by atoms with Gasteiger partial charge in [0.2, 0.25) is 0 Å². The summed E-state index contributed by atoms with van der Waals surface area (Å²) in [6.45, 7) is 8.50. The third kappa shape index (κ3) is 7.60. The van der Waals surface area contributed by atoms with Gasteiger partial charge in [-0.1, -0.05) is 54.5 Å². The van der Waals surface area contributed by atoms with E-state index in [1.807, 2.05) is 0 Å². The molecule has 0 rings (SSSR count). The van der Waals surface area contributed by atoms with E-state index < -0.39 is 0 Å². The summed E-state index contributed by atoms with van der Waals surface area (Å²) in [5.41, 5.74) is 2.74. The molecular formula is C14H22. The number of allylic oxidation sites excluding steroid dienone is 8. The van der Waals surface area contributed by atoms with Crippen LogP contribution in [0.5, 0.6) is 0 Å². The second-order valence-electron chi connectivity index (χ2n) is 3.47. The van der Waals surface area contributed by atoms with Crippen LogP contribution in [0.1, 0.15) is 40.5 Å². The van der Waals surface area contributed by atoms with Gasteiger partial charge in [0.05, 0.1) is 0 Å². The molecule has 0 spiro atoms. The zero-order chi connectivity index (χ0) is 10.8. The molecule has 0 heteroatoms. The van der Waals surface area contributed by atoms with Crippen LogP contribution < -0.4 is 0 Å². The molecule has 0 aliphatic carbocycles. The summed E-state index contributed by atoms with van der Waals surface area (Å²) in [6.07, 6.45) is 15.1. The fourth-order valence-corrected chi connectivity index (χ4v) is 0.857. The van der Waals surface area contributed by atoms with E-state index in [2.05, 4.69) is 64.2 Å². The maximum Gasteiger partial charge on any atom is -0.0163 e. The quantitative estimate of drug-likeness (QED) is 0.546. The van der Waals surface area contributed by atoms with E-state index in [1.165, 1.54) is 11.1 Å². The van der Waals surface area contributed by atoms with Crippen LogP contribution in [0.15, 0.2) is 47.6 Å². The van der Waals surface area contributed by atoms with Crippen molar-refractivity contribution in [3.05, 3.63) is 47.6 Å². The third-order valence-electron chi connectivity index (χ3n) is 2.18. The molecule has 0 aromatic rings. The van der Waals surface area contributed by atoms with E-state index in [1.54, 1.807) is 0 Å². The first-order chi connectivity index (χ1) is 6.70. The molecule has 0 fully saturated rings. The Labute approximate surface area is 88.7 Å². The Hall–Kier alpha value is -1.04. The molecule has 0 bridgehead atoms. The number of hydrogen-bond donors (Lipinski definition) is 0. The van der Waals surface area contributed by atoms with Crippen LogP contribution in [0, 0.1) is 0 Å². The molecule has 0 aromatic heterocycles. The zero-order valence-electron chi connectivity index (χ0n) is 9.88. The smallest absolute Gasteiger partial charge is 0.0163 e.